The summed E-state index contributed by atoms with van der Waals surface area (Å²) in [6, 6.07) is 6.64. The first kappa shape index (κ1) is 17.8. The summed E-state index contributed by atoms with van der Waals surface area (Å²) in [5.41, 5.74) is 2.78. The highest BCUT2D eigenvalue weighted by molar-refractivity contribution is 6.31. The Hall–Kier alpha value is -0.530. The molecule has 0 bridgehead atoms. The Balaban J connectivity index is 1.92. The highest BCUT2D eigenvalue weighted by atomic mass is 35.5. The molecular weight excluding hydrogens is 290 g/mol. The molecule has 1 unspecified atom stereocenters. The van der Waals surface area contributed by atoms with Crippen LogP contribution in [0.15, 0.2) is 18.2 Å². The minimum atomic E-state index is 0.165. The lowest BCUT2D eigenvalue weighted by atomic mass is 9.86. The second-order valence-electron chi connectivity index (χ2n) is 8.35. The first-order valence-corrected chi connectivity index (χ1v) is 9.14. The van der Waals surface area contributed by atoms with Gasteiger partial charge in [0.15, 0.2) is 0 Å². The molecule has 0 saturated carbocycles. The number of hydrogen-bond acceptors (Lipinski definition) is 1. The fourth-order valence-electron chi connectivity index (χ4n) is 3.30. The average Bonchev–Trinajstić information content (AvgIpc) is 2.42. The van der Waals surface area contributed by atoms with Crippen LogP contribution in [0.4, 0.5) is 0 Å². The summed E-state index contributed by atoms with van der Waals surface area (Å²) in [7, 11) is 0. The number of halogens is 1. The van der Waals surface area contributed by atoms with Gasteiger partial charge in [-0.05, 0) is 66.8 Å². The largest absolute Gasteiger partial charge is 0.303 e. The van der Waals surface area contributed by atoms with E-state index in [0.717, 1.165) is 17.4 Å². The smallest absolute Gasteiger partial charge is 0.0441 e. The molecule has 1 nitrogen and oxygen atoms in total. The highest BCUT2D eigenvalue weighted by Crippen LogP contribution is 2.28. The Morgan fingerprint density at radius 2 is 1.86 bits per heavy atom. The molecule has 0 aliphatic carbocycles. The van der Waals surface area contributed by atoms with Gasteiger partial charge < -0.3 is 4.90 Å². The molecule has 1 aromatic carbocycles. The van der Waals surface area contributed by atoms with E-state index in [0.29, 0.717) is 5.92 Å². The predicted molar refractivity (Wildman–Crippen MR) is 97.9 cm³/mol. The van der Waals surface area contributed by atoms with Crippen LogP contribution in [0.2, 0.25) is 5.02 Å². The lowest BCUT2D eigenvalue weighted by Crippen LogP contribution is -2.36. The van der Waals surface area contributed by atoms with Crippen molar-refractivity contribution in [3.05, 3.63) is 34.3 Å². The van der Waals surface area contributed by atoms with Crippen LogP contribution in [0.1, 0.15) is 58.6 Å². The molecule has 22 heavy (non-hydrogen) atoms. The quantitative estimate of drug-likeness (QED) is 0.703. The molecule has 0 N–H and O–H groups in total. The van der Waals surface area contributed by atoms with Gasteiger partial charge in [0.2, 0.25) is 0 Å². The first-order chi connectivity index (χ1) is 10.3. The van der Waals surface area contributed by atoms with Crippen LogP contribution >= 0.6 is 11.6 Å². The maximum Gasteiger partial charge on any atom is 0.0441 e. The van der Waals surface area contributed by atoms with Crippen molar-refractivity contribution in [1.29, 1.82) is 0 Å². The van der Waals surface area contributed by atoms with Crippen LogP contribution in [0.3, 0.4) is 0 Å². The van der Waals surface area contributed by atoms with Gasteiger partial charge in [-0.1, -0.05) is 58.4 Å². The second kappa shape index (κ2) is 7.36. The van der Waals surface area contributed by atoms with Crippen molar-refractivity contribution >= 4 is 11.6 Å². The van der Waals surface area contributed by atoms with E-state index in [1.54, 1.807) is 0 Å². The van der Waals surface area contributed by atoms with Gasteiger partial charge in [0, 0.05) is 11.6 Å². The van der Waals surface area contributed by atoms with Gasteiger partial charge in [-0.15, -0.1) is 0 Å². The summed E-state index contributed by atoms with van der Waals surface area (Å²) in [5, 5.41) is 0.937. The van der Waals surface area contributed by atoms with Gasteiger partial charge in [0.1, 0.15) is 0 Å². The van der Waals surface area contributed by atoms with Crippen molar-refractivity contribution in [2.24, 2.45) is 11.8 Å². The van der Waals surface area contributed by atoms with Crippen LogP contribution in [0, 0.1) is 11.8 Å². The number of hydrogen-bond donors (Lipinski definition) is 0. The number of nitrogens with zero attached hydrogens (tertiary/aromatic N) is 1. The molecule has 1 aliphatic heterocycles. The van der Waals surface area contributed by atoms with Gasteiger partial charge in [-0.3, -0.25) is 0 Å². The van der Waals surface area contributed by atoms with Crippen molar-refractivity contribution in [3.8, 4) is 0 Å². The van der Waals surface area contributed by atoms with Gasteiger partial charge in [0.25, 0.3) is 0 Å². The maximum atomic E-state index is 6.53. The van der Waals surface area contributed by atoms with Crippen LogP contribution in [-0.4, -0.2) is 24.5 Å². The topological polar surface area (TPSA) is 3.24 Å². The van der Waals surface area contributed by atoms with Crippen molar-refractivity contribution in [2.75, 3.05) is 19.6 Å². The molecule has 1 heterocycles. The predicted octanol–water partition coefficient (Wildman–Crippen LogP) is 5.55. The Labute approximate surface area is 142 Å². The molecule has 0 aromatic heterocycles. The van der Waals surface area contributed by atoms with Gasteiger partial charge in [-0.2, -0.15) is 0 Å². The zero-order valence-corrected chi connectivity index (χ0v) is 15.7. The number of benzene rings is 1. The summed E-state index contributed by atoms with van der Waals surface area (Å²) >= 11 is 6.53. The second-order valence-corrected chi connectivity index (χ2v) is 8.76. The molecule has 1 fully saturated rings. The van der Waals surface area contributed by atoms with Gasteiger partial charge in [0.05, 0.1) is 0 Å². The molecule has 1 aromatic rings. The Morgan fingerprint density at radius 1 is 1.23 bits per heavy atom. The van der Waals surface area contributed by atoms with Crippen molar-refractivity contribution in [1.82, 2.24) is 4.90 Å². The molecule has 1 atom stereocenters. The SMILES string of the molecule is CC1CCN(CC(C)Cc2ccc(C(C)(C)C)cc2Cl)CC1. The minimum Gasteiger partial charge on any atom is -0.303 e. The number of likely N-dealkylation sites (tertiary alicyclic amines) is 1. The number of rotatable bonds is 4. The van der Waals surface area contributed by atoms with Gasteiger partial charge >= 0.3 is 0 Å². The van der Waals surface area contributed by atoms with E-state index >= 15 is 0 Å². The fraction of sp³-hybridized carbons (Fsp3) is 0.700. The minimum absolute atomic E-state index is 0.165. The van der Waals surface area contributed by atoms with Crippen molar-refractivity contribution in [3.63, 3.8) is 0 Å². The van der Waals surface area contributed by atoms with Crippen LogP contribution in [0.25, 0.3) is 0 Å². The summed E-state index contributed by atoms with van der Waals surface area (Å²) in [4.78, 5) is 2.63. The zero-order chi connectivity index (χ0) is 16.3. The lowest BCUT2D eigenvalue weighted by Gasteiger charge is -2.32. The molecular formula is C20H32ClN. The Kier molecular flexibility index (Phi) is 5.96. The summed E-state index contributed by atoms with van der Waals surface area (Å²) < 4.78 is 0. The van der Waals surface area contributed by atoms with Gasteiger partial charge in [-0.25, -0.2) is 0 Å². The van der Waals surface area contributed by atoms with Crippen LogP contribution in [-0.2, 0) is 11.8 Å². The van der Waals surface area contributed by atoms with Crippen LogP contribution < -0.4 is 0 Å². The third kappa shape index (κ3) is 4.99. The average molecular weight is 322 g/mol. The molecule has 1 saturated heterocycles. The molecule has 0 amide bonds. The van der Waals surface area contributed by atoms with E-state index in [2.05, 4.69) is 57.7 Å². The third-order valence-corrected chi connectivity index (χ3v) is 5.29. The van der Waals surface area contributed by atoms with Crippen molar-refractivity contribution < 1.29 is 0 Å². The fourth-order valence-corrected chi connectivity index (χ4v) is 3.56. The normalized spacial score (nSPS) is 19.4. The molecule has 0 radical (unpaired) electrons. The van der Waals surface area contributed by atoms with E-state index in [4.69, 9.17) is 11.6 Å². The zero-order valence-electron chi connectivity index (χ0n) is 15.0. The van der Waals surface area contributed by atoms with E-state index in [1.807, 2.05) is 0 Å². The molecule has 124 valence electrons. The number of piperidine rings is 1. The Morgan fingerprint density at radius 3 is 2.41 bits per heavy atom. The molecule has 1 aliphatic rings. The summed E-state index contributed by atoms with van der Waals surface area (Å²) in [5.74, 6) is 1.57. The van der Waals surface area contributed by atoms with E-state index in [1.165, 1.54) is 43.6 Å². The van der Waals surface area contributed by atoms with E-state index < -0.39 is 0 Å². The summed E-state index contributed by atoms with van der Waals surface area (Å²) in [6.07, 6.45) is 3.79. The molecule has 0 spiro atoms. The first-order valence-electron chi connectivity index (χ1n) is 8.77. The Bertz CT molecular complexity index is 481. The van der Waals surface area contributed by atoms with E-state index in [9.17, 15) is 0 Å². The highest BCUT2D eigenvalue weighted by Gasteiger charge is 2.19. The monoisotopic (exact) mass is 321 g/mol. The summed E-state index contributed by atoms with van der Waals surface area (Å²) in [6.45, 7) is 15.2. The molecule has 2 rings (SSSR count). The van der Waals surface area contributed by atoms with Crippen LogP contribution in [0.5, 0.6) is 0 Å². The van der Waals surface area contributed by atoms with E-state index in [-0.39, 0.29) is 5.41 Å². The van der Waals surface area contributed by atoms with Crippen molar-refractivity contribution in [2.45, 2.75) is 59.3 Å². The molecule has 2 heteroatoms. The third-order valence-electron chi connectivity index (χ3n) is 4.93. The maximum absolute atomic E-state index is 6.53. The standard InChI is InChI=1S/C20H32ClN/c1-15-8-10-22(11-9-15)14-16(2)12-17-6-7-18(13-19(17)21)20(3,4)5/h6-7,13,15-16H,8-12,14H2,1-5H3. The lowest BCUT2D eigenvalue weighted by molar-refractivity contribution is 0.170.